The first kappa shape index (κ1) is 23.4. The fourth-order valence-electron chi connectivity index (χ4n) is 3.63. The van der Waals surface area contributed by atoms with Gasteiger partial charge in [-0.25, -0.2) is 0 Å². The van der Waals surface area contributed by atoms with Crippen molar-refractivity contribution in [3.63, 3.8) is 0 Å². The molecule has 0 radical (unpaired) electrons. The molecule has 0 spiro atoms. The molecule has 1 aliphatic rings. The number of hydrogen-bond donors (Lipinski definition) is 3. The number of aromatic amines is 1. The van der Waals surface area contributed by atoms with E-state index < -0.39 is 6.04 Å². The predicted molar refractivity (Wildman–Crippen MR) is 114 cm³/mol. The van der Waals surface area contributed by atoms with Crippen LogP contribution in [0.5, 0.6) is 0 Å². The Labute approximate surface area is 172 Å². The average Bonchev–Trinajstić information content (AvgIpc) is 2.94. The number of pyridine rings is 1. The van der Waals surface area contributed by atoms with Crippen molar-refractivity contribution in [2.24, 2.45) is 17.6 Å². The van der Waals surface area contributed by atoms with E-state index in [0.29, 0.717) is 5.69 Å². The quantitative estimate of drug-likeness (QED) is 0.704. The molecule has 1 saturated carbocycles. The van der Waals surface area contributed by atoms with Gasteiger partial charge < -0.3 is 11.1 Å². The van der Waals surface area contributed by atoms with Crippen molar-refractivity contribution in [3.05, 3.63) is 29.7 Å². The molecule has 2 aromatic heterocycles. The molecule has 2 heterocycles. The number of hydrogen-bond acceptors (Lipinski definition) is 4. The first-order chi connectivity index (χ1) is 12.0. The third-order valence-electron chi connectivity index (χ3n) is 5.29. The molecule has 4 N–H and O–H groups in total. The van der Waals surface area contributed by atoms with Crippen LogP contribution in [0.1, 0.15) is 44.0 Å². The molecule has 1 atom stereocenters. The molecular weight excluding hydrogens is 385 g/mol. The number of anilines is 1. The maximum atomic E-state index is 12.4. The number of aryl methyl sites for hydroxylation is 2. The summed E-state index contributed by atoms with van der Waals surface area (Å²) in [6, 6.07) is 3.31. The van der Waals surface area contributed by atoms with Gasteiger partial charge in [-0.05, 0) is 50.7 Å². The van der Waals surface area contributed by atoms with Crippen LogP contribution in [-0.4, -0.2) is 27.1 Å². The maximum Gasteiger partial charge on any atom is 0.241 e. The molecule has 0 bridgehead atoms. The van der Waals surface area contributed by atoms with Gasteiger partial charge in [-0.15, -0.1) is 24.8 Å². The van der Waals surface area contributed by atoms with E-state index in [4.69, 9.17) is 5.73 Å². The van der Waals surface area contributed by atoms with E-state index in [1.54, 1.807) is 6.20 Å². The molecule has 8 heteroatoms. The van der Waals surface area contributed by atoms with E-state index in [9.17, 15) is 4.79 Å². The molecule has 1 fully saturated rings. The third kappa shape index (κ3) is 5.43. The number of halogens is 2. The van der Waals surface area contributed by atoms with Gasteiger partial charge in [0, 0.05) is 11.3 Å². The lowest BCUT2D eigenvalue weighted by molar-refractivity contribution is -0.118. The number of nitrogens with two attached hydrogens (primary N) is 1. The van der Waals surface area contributed by atoms with E-state index in [-0.39, 0.29) is 36.6 Å². The highest BCUT2D eigenvalue weighted by atomic mass is 35.5. The molecular formula is C19H29Cl2N5O. The van der Waals surface area contributed by atoms with Crippen molar-refractivity contribution in [3.8, 4) is 11.3 Å². The normalized spacial score (nSPS) is 20.1. The van der Waals surface area contributed by atoms with Crippen LogP contribution in [-0.2, 0) is 4.79 Å². The van der Waals surface area contributed by atoms with Gasteiger partial charge in [0.15, 0.2) is 0 Å². The Hall–Kier alpha value is -1.63. The SMILES string of the molecule is Cc1n[nH]c(C)c1-c1ccc(NC(=O)[C@@H](N)C2CCC(C)CC2)cn1.Cl.Cl. The third-order valence-corrected chi connectivity index (χ3v) is 5.29. The van der Waals surface area contributed by atoms with Gasteiger partial charge in [0.2, 0.25) is 5.91 Å². The second kappa shape index (κ2) is 10.1. The van der Waals surface area contributed by atoms with Crippen molar-refractivity contribution < 1.29 is 4.79 Å². The number of nitrogens with zero attached hydrogens (tertiary/aromatic N) is 2. The molecule has 27 heavy (non-hydrogen) atoms. The highest BCUT2D eigenvalue weighted by Gasteiger charge is 2.28. The van der Waals surface area contributed by atoms with E-state index >= 15 is 0 Å². The van der Waals surface area contributed by atoms with E-state index in [0.717, 1.165) is 54.2 Å². The Morgan fingerprint density at radius 3 is 2.41 bits per heavy atom. The number of aromatic nitrogens is 3. The van der Waals surface area contributed by atoms with Crippen LogP contribution in [0.2, 0.25) is 0 Å². The molecule has 0 aromatic carbocycles. The van der Waals surface area contributed by atoms with Crippen molar-refractivity contribution >= 4 is 36.4 Å². The van der Waals surface area contributed by atoms with Gasteiger partial charge in [-0.2, -0.15) is 5.10 Å². The summed E-state index contributed by atoms with van der Waals surface area (Å²) in [4.78, 5) is 16.9. The summed E-state index contributed by atoms with van der Waals surface area (Å²) in [5, 5.41) is 10.1. The van der Waals surface area contributed by atoms with Gasteiger partial charge in [0.25, 0.3) is 0 Å². The molecule has 3 rings (SSSR count). The first-order valence-electron chi connectivity index (χ1n) is 9.00. The molecule has 150 valence electrons. The van der Waals surface area contributed by atoms with Crippen molar-refractivity contribution in [2.45, 2.75) is 52.5 Å². The van der Waals surface area contributed by atoms with Gasteiger partial charge in [0.05, 0.1) is 29.3 Å². The summed E-state index contributed by atoms with van der Waals surface area (Å²) < 4.78 is 0. The lowest BCUT2D eigenvalue weighted by Gasteiger charge is -2.29. The average molecular weight is 414 g/mol. The second-order valence-electron chi connectivity index (χ2n) is 7.28. The summed E-state index contributed by atoms with van der Waals surface area (Å²) in [5.74, 6) is 0.905. The van der Waals surface area contributed by atoms with Crippen LogP contribution >= 0.6 is 24.8 Å². The first-order valence-corrected chi connectivity index (χ1v) is 9.00. The van der Waals surface area contributed by atoms with Crippen LogP contribution < -0.4 is 11.1 Å². The van der Waals surface area contributed by atoms with E-state index in [1.165, 1.54) is 0 Å². The topological polar surface area (TPSA) is 96.7 Å². The lowest BCUT2D eigenvalue weighted by atomic mass is 9.79. The van der Waals surface area contributed by atoms with E-state index in [2.05, 4.69) is 27.4 Å². The molecule has 0 saturated heterocycles. The number of H-pyrrole nitrogens is 1. The summed E-state index contributed by atoms with van der Waals surface area (Å²) >= 11 is 0. The Morgan fingerprint density at radius 2 is 1.89 bits per heavy atom. The summed E-state index contributed by atoms with van der Waals surface area (Å²) in [6.07, 6.45) is 6.06. The molecule has 0 unspecified atom stereocenters. The minimum Gasteiger partial charge on any atom is -0.323 e. The Kier molecular flexibility index (Phi) is 8.72. The van der Waals surface area contributed by atoms with Crippen molar-refractivity contribution in [2.75, 3.05) is 5.32 Å². The van der Waals surface area contributed by atoms with Crippen molar-refractivity contribution in [1.29, 1.82) is 0 Å². The number of carbonyl (C=O) groups excluding carboxylic acids is 1. The fourth-order valence-corrected chi connectivity index (χ4v) is 3.63. The van der Waals surface area contributed by atoms with Crippen molar-refractivity contribution in [1.82, 2.24) is 15.2 Å². The molecule has 6 nitrogen and oxygen atoms in total. The smallest absolute Gasteiger partial charge is 0.241 e. The lowest BCUT2D eigenvalue weighted by Crippen LogP contribution is -2.43. The predicted octanol–water partition coefficient (Wildman–Crippen LogP) is 4.02. The van der Waals surface area contributed by atoms with Crippen LogP contribution in [0.25, 0.3) is 11.3 Å². The van der Waals surface area contributed by atoms with Crippen LogP contribution in [0.4, 0.5) is 5.69 Å². The zero-order valence-electron chi connectivity index (χ0n) is 16.0. The monoisotopic (exact) mass is 413 g/mol. The maximum absolute atomic E-state index is 12.4. The number of carbonyl (C=O) groups is 1. The largest absolute Gasteiger partial charge is 0.323 e. The summed E-state index contributed by atoms with van der Waals surface area (Å²) in [7, 11) is 0. The summed E-state index contributed by atoms with van der Waals surface area (Å²) in [6.45, 7) is 6.18. The number of amides is 1. The zero-order valence-corrected chi connectivity index (χ0v) is 17.6. The Morgan fingerprint density at radius 1 is 1.22 bits per heavy atom. The van der Waals surface area contributed by atoms with Gasteiger partial charge in [0.1, 0.15) is 0 Å². The minimum atomic E-state index is -0.453. The molecule has 2 aromatic rings. The molecule has 1 amide bonds. The van der Waals surface area contributed by atoms with Crippen LogP contribution in [0.15, 0.2) is 18.3 Å². The fraction of sp³-hybridized carbons (Fsp3) is 0.526. The van der Waals surface area contributed by atoms with Gasteiger partial charge in [-0.3, -0.25) is 14.9 Å². The van der Waals surface area contributed by atoms with E-state index in [1.807, 2.05) is 26.0 Å². The number of rotatable bonds is 4. The number of nitrogens with one attached hydrogen (secondary N) is 2. The van der Waals surface area contributed by atoms with Crippen LogP contribution in [0, 0.1) is 25.7 Å². The van der Waals surface area contributed by atoms with Gasteiger partial charge >= 0.3 is 0 Å². The highest BCUT2D eigenvalue weighted by Crippen LogP contribution is 2.30. The zero-order chi connectivity index (χ0) is 18.0. The Balaban J connectivity index is 0.00000182. The van der Waals surface area contributed by atoms with Crippen LogP contribution in [0.3, 0.4) is 0 Å². The molecule has 0 aliphatic heterocycles. The highest BCUT2D eigenvalue weighted by molar-refractivity contribution is 5.94. The second-order valence-corrected chi connectivity index (χ2v) is 7.28. The summed E-state index contributed by atoms with van der Waals surface area (Å²) in [5.41, 5.74) is 10.6. The van der Waals surface area contributed by atoms with Gasteiger partial charge in [-0.1, -0.05) is 19.8 Å². The molecule has 1 aliphatic carbocycles. The standard InChI is InChI=1S/C19H27N5O.2ClH/c1-11-4-6-14(7-5-11)18(20)19(25)22-15-8-9-16(21-10-15)17-12(2)23-24-13(17)3;;/h8-11,14,18H,4-7,20H2,1-3H3,(H,22,25)(H,23,24);2*1H/t11?,14?,18-;;/m0../s1. The Bertz CT molecular complexity index is 720. The minimum absolute atomic E-state index is 0.